The number of nitrogen functional groups attached to an aromatic ring is 1. The van der Waals surface area contributed by atoms with E-state index < -0.39 is 11.6 Å². The van der Waals surface area contributed by atoms with Crippen LogP contribution in [0.25, 0.3) is 0 Å². The van der Waals surface area contributed by atoms with Crippen molar-refractivity contribution in [2.75, 3.05) is 51.3 Å². The summed E-state index contributed by atoms with van der Waals surface area (Å²) in [5.74, 6) is -1.79. The van der Waals surface area contributed by atoms with E-state index in [1.54, 1.807) is 0 Å². The molecule has 0 aromatic heterocycles. The molecular formula is C13H20F2N4. The molecule has 2 rings (SSSR count). The maximum Gasteiger partial charge on any atom is 0.183 e. The fraction of sp³-hybridized carbons (Fsp3) is 0.538. The number of hydrogen-bond acceptors (Lipinski definition) is 4. The van der Waals surface area contributed by atoms with E-state index in [9.17, 15) is 8.78 Å². The van der Waals surface area contributed by atoms with E-state index in [1.807, 2.05) is 7.05 Å². The first kappa shape index (κ1) is 14.0. The molecule has 1 saturated heterocycles. The van der Waals surface area contributed by atoms with Gasteiger partial charge in [0.2, 0.25) is 0 Å². The highest BCUT2D eigenvalue weighted by Gasteiger charge is 2.22. The molecule has 4 nitrogen and oxygen atoms in total. The van der Waals surface area contributed by atoms with Crippen molar-refractivity contribution in [1.29, 1.82) is 0 Å². The molecule has 19 heavy (non-hydrogen) atoms. The first-order valence-corrected chi connectivity index (χ1v) is 6.35. The van der Waals surface area contributed by atoms with Gasteiger partial charge < -0.3 is 16.0 Å². The molecule has 3 N–H and O–H groups in total. The number of hydrogen-bond donors (Lipinski definition) is 2. The Morgan fingerprint density at radius 3 is 2.79 bits per heavy atom. The van der Waals surface area contributed by atoms with Crippen LogP contribution < -0.4 is 11.1 Å². The Balaban J connectivity index is 2.04. The van der Waals surface area contributed by atoms with E-state index in [-0.39, 0.29) is 17.4 Å². The number of benzene rings is 1. The zero-order valence-corrected chi connectivity index (χ0v) is 11.3. The molecule has 1 aromatic rings. The normalized spacial score (nSPS) is 21.6. The molecule has 1 aliphatic rings. The zero-order valence-electron chi connectivity index (χ0n) is 11.3. The van der Waals surface area contributed by atoms with Crippen molar-refractivity contribution < 1.29 is 8.78 Å². The number of nitrogens with one attached hydrogen (secondary N) is 1. The lowest BCUT2D eigenvalue weighted by Gasteiger charge is -2.38. The highest BCUT2D eigenvalue weighted by atomic mass is 19.2. The molecule has 0 bridgehead atoms. The van der Waals surface area contributed by atoms with Crippen LogP contribution in [0.15, 0.2) is 12.1 Å². The maximum atomic E-state index is 13.6. The highest BCUT2D eigenvalue weighted by Crippen LogP contribution is 2.24. The third-order valence-corrected chi connectivity index (χ3v) is 3.62. The molecule has 1 aliphatic heterocycles. The molecule has 0 amide bonds. The standard InChI is InChI=1S/C13H20F2N4/c1-18-5-6-19(2)9(8-18)7-17-13-11(16)4-3-10(14)12(13)15/h3-4,9,17H,5-8,16H2,1-2H3. The second kappa shape index (κ2) is 5.71. The van der Waals surface area contributed by atoms with Gasteiger partial charge in [0.15, 0.2) is 11.6 Å². The summed E-state index contributed by atoms with van der Waals surface area (Å²) in [7, 11) is 4.09. The third kappa shape index (κ3) is 3.13. The van der Waals surface area contributed by atoms with Crippen molar-refractivity contribution in [1.82, 2.24) is 9.80 Å². The number of anilines is 2. The molecular weight excluding hydrogens is 250 g/mol. The second-order valence-corrected chi connectivity index (χ2v) is 5.10. The van der Waals surface area contributed by atoms with Gasteiger partial charge in [-0.2, -0.15) is 0 Å². The molecule has 1 aromatic carbocycles. The minimum Gasteiger partial charge on any atom is -0.397 e. The van der Waals surface area contributed by atoms with Gasteiger partial charge in [-0.1, -0.05) is 0 Å². The molecule has 1 heterocycles. The van der Waals surface area contributed by atoms with Gasteiger partial charge >= 0.3 is 0 Å². The van der Waals surface area contributed by atoms with Gasteiger partial charge in [-0.3, -0.25) is 4.90 Å². The van der Waals surface area contributed by atoms with E-state index in [2.05, 4.69) is 22.2 Å². The fourth-order valence-electron chi connectivity index (χ4n) is 2.29. The van der Waals surface area contributed by atoms with Crippen molar-refractivity contribution in [3.8, 4) is 0 Å². The molecule has 0 aliphatic carbocycles. The lowest BCUT2D eigenvalue weighted by molar-refractivity contribution is 0.122. The lowest BCUT2D eigenvalue weighted by atomic mass is 10.1. The van der Waals surface area contributed by atoms with Gasteiger partial charge in [-0.05, 0) is 26.2 Å². The Bertz CT molecular complexity index is 453. The topological polar surface area (TPSA) is 44.5 Å². The van der Waals surface area contributed by atoms with Gasteiger partial charge in [0.05, 0.1) is 11.4 Å². The first-order chi connectivity index (χ1) is 8.99. The molecule has 0 spiro atoms. The van der Waals surface area contributed by atoms with Crippen LogP contribution in [0.1, 0.15) is 0 Å². The molecule has 0 saturated carbocycles. The Hall–Kier alpha value is -1.40. The van der Waals surface area contributed by atoms with Crippen LogP contribution >= 0.6 is 0 Å². The van der Waals surface area contributed by atoms with Crippen molar-refractivity contribution in [3.05, 3.63) is 23.8 Å². The SMILES string of the molecule is CN1CCN(C)C(CNc2c(N)ccc(F)c2F)C1. The molecule has 1 fully saturated rings. The monoisotopic (exact) mass is 270 g/mol. The lowest BCUT2D eigenvalue weighted by Crippen LogP contribution is -2.52. The molecule has 1 unspecified atom stereocenters. The summed E-state index contributed by atoms with van der Waals surface area (Å²) >= 11 is 0. The van der Waals surface area contributed by atoms with Crippen LogP contribution in [-0.2, 0) is 0 Å². The zero-order chi connectivity index (χ0) is 14.0. The quantitative estimate of drug-likeness (QED) is 0.810. The number of likely N-dealkylation sites (N-methyl/N-ethyl adjacent to an activating group) is 2. The van der Waals surface area contributed by atoms with E-state index in [1.165, 1.54) is 6.07 Å². The minimum absolute atomic E-state index is 0.0571. The number of nitrogens with two attached hydrogens (primary N) is 1. The van der Waals surface area contributed by atoms with Crippen LogP contribution in [0, 0.1) is 11.6 Å². The highest BCUT2D eigenvalue weighted by molar-refractivity contribution is 5.66. The van der Waals surface area contributed by atoms with Crippen LogP contribution in [0.5, 0.6) is 0 Å². The molecule has 106 valence electrons. The van der Waals surface area contributed by atoms with Crippen LogP contribution in [-0.4, -0.2) is 56.1 Å². The smallest absolute Gasteiger partial charge is 0.183 e. The first-order valence-electron chi connectivity index (χ1n) is 6.35. The largest absolute Gasteiger partial charge is 0.397 e. The summed E-state index contributed by atoms with van der Waals surface area (Å²) in [4.78, 5) is 4.43. The van der Waals surface area contributed by atoms with Crippen molar-refractivity contribution >= 4 is 11.4 Å². The number of halogens is 2. The summed E-state index contributed by atoms with van der Waals surface area (Å²) in [6.07, 6.45) is 0. The summed E-state index contributed by atoms with van der Waals surface area (Å²) in [5, 5.41) is 2.93. The van der Waals surface area contributed by atoms with Crippen molar-refractivity contribution in [2.24, 2.45) is 0 Å². The van der Waals surface area contributed by atoms with Crippen molar-refractivity contribution in [3.63, 3.8) is 0 Å². The third-order valence-electron chi connectivity index (χ3n) is 3.62. The van der Waals surface area contributed by atoms with Gasteiger partial charge in [0.1, 0.15) is 0 Å². The van der Waals surface area contributed by atoms with Crippen LogP contribution in [0.2, 0.25) is 0 Å². The second-order valence-electron chi connectivity index (χ2n) is 5.10. The average Bonchev–Trinajstić information content (AvgIpc) is 2.38. The van der Waals surface area contributed by atoms with Crippen LogP contribution in [0.4, 0.5) is 20.2 Å². The number of rotatable bonds is 3. The predicted octanol–water partition coefficient (Wildman–Crippen LogP) is 1.20. The molecule has 0 radical (unpaired) electrons. The fourth-order valence-corrected chi connectivity index (χ4v) is 2.29. The van der Waals surface area contributed by atoms with E-state index in [4.69, 9.17) is 5.73 Å². The number of piperazine rings is 1. The van der Waals surface area contributed by atoms with Crippen molar-refractivity contribution in [2.45, 2.75) is 6.04 Å². The van der Waals surface area contributed by atoms with E-state index in [0.717, 1.165) is 25.7 Å². The average molecular weight is 270 g/mol. The predicted molar refractivity (Wildman–Crippen MR) is 73.2 cm³/mol. The van der Waals surface area contributed by atoms with E-state index >= 15 is 0 Å². The van der Waals surface area contributed by atoms with Gasteiger partial charge in [-0.15, -0.1) is 0 Å². The maximum absolute atomic E-state index is 13.6. The molecule has 1 atom stereocenters. The Morgan fingerprint density at radius 2 is 2.05 bits per heavy atom. The summed E-state index contributed by atoms with van der Waals surface area (Å²) in [6.45, 7) is 3.40. The summed E-state index contributed by atoms with van der Waals surface area (Å²) in [5.41, 5.74) is 5.96. The molecule has 6 heteroatoms. The minimum atomic E-state index is -0.910. The summed E-state index contributed by atoms with van der Waals surface area (Å²) < 4.78 is 26.8. The Morgan fingerprint density at radius 1 is 1.32 bits per heavy atom. The number of nitrogens with zero attached hydrogens (tertiary/aromatic N) is 2. The van der Waals surface area contributed by atoms with Gasteiger partial charge in [-0.25, -0.2) is 8.78 Å². The van der Waals surface area contributed by atoms with Crippen LogP contribution in [0.3, 0.4) is 0 Å². The van der Waals surface area contributed by atoms with E-state index in [0.29, 0.717) is 6.54 Å². The van der Waals surface area contributed by atoms with Gasteiger partial charge in [0.25, 0.3) is 0 Å². The van der Waals surface area contributed by atoms with Gasteiger partial charge in [0, 0.05) is 32.2 Å². The Kier molecular flexibility index (Phi) is 4.21. The Labute approximate surface area is 112 Å². The summed E-state index contributed by atoms with van der Waals surface area (Å²) in [6, 6.07) is 2.66.